The van der Waals surface area contributed by atoms with Gasteiger partial charge in [0.1, 0.15) is 17.4 Å². The zero-order valence-corrected chi connectivity index (χ0v) is 10.8. The van der Waals surface area contributed by atoms with Crippen molar-refractivity contribution in [2.45, 2.75) is 20.0 Å². The molecule has 6 heteroatoms. The topological polar surface area (TPSA) is 67.8 Å². The van der Waals surface area contributed by atoms with Crippen LogP contribution < -0.4 is 11.2 Å². The van der Waals surface area contributed by atoms with Crippen LogP contribution in [0.3, 0.4) is 0 Å². The summed E-state index contributed by atoms with van der Waals surface area (Å²) in [5.74, 6) is -0.496. The maximum atomic E-state index is 13.6. The van der Waals surface area contributed by atoms with Crippen molar-refractivity contribution in [3.63, 3.8) is 0 Å². The van der Waals surface area contributed by atoms with Gasteiger partial charge in [0.15, 0.2) is 0 Å². The fraction of sp³-hybridized carbons (Fsp3) is 0.214. The lowest BCUT2D eigenvalue weighted by molar-refractivity contribution is 0.564. The van der Waals surface area contributed by atoms with Crippen LogP contribution in [0.25, 0.3) is 0 Å². The Morgan fingerprint density at radius 1 is 1.30 bits per heavy atom. The smallest absolute Gasteiger partial charge is 0.299 e. The van der Waals surface area contributed by atoms with Crippen molar-refractivity contribution in [3.8, 4) is 6.07 Å². The Balaban J connectivity index is 2.63. The molecule has 1 aromatic heterocycles. The molecule has 2 rings (SSSR count). The maximum Gasteiger partial charge on any atom is 0.331 e. The van der Waals surface area contributed by atoms with E-state index < -0.39 is 17.1 Å². The summed E-state index contributed by atoms with van der Waals surface area (Å²) in [6, 6.07) is 7.65. The second-order valence-electron chi connectivity index (χ2n) is 4.21. The second kappa shape index (κ2) is 5.53. The Kier molecular flexibility index (Phi) is 3.80. The lowest BCUT2D eigenvalue weighted by atomic mass is 10.2. The molecule has 2 aromatic rings. The number of benzene rings is 1. The standard InChI is InChI=1S/C14H12FN3O2/c1-2-17-8-11(7-16)13(19)18(14(17)20)9-10-5-3-4-6-12(10)15/h3-6,8H,2,9H2,1H3. The number of nitrogens with zero attached hydrogens (tertiary/aromatic N) is 3. The molecule has 5 nitrogen and oxygen atoms in total. The van der Waals surface area contributed by atoms with E-state index in [1.54, 1.807) is 19.1 Å². The van der Waals surface area contributed by atoms with Gasteiger partial charge in [-0.1, -0.05) is 18.2 Å². The maximum absolute atomic E-state index is 13.6. The summed E-state index contributed by atoms with van der Waals surface area (Å²) in [6.07, 6.45) is 1.22. The first-order valence-corrected chi connectivity index (χ1v) is 6.06. The van der Waals surface area contributed by atoms with Crippen LogP contribution in [0, 0.1) is 17.1 Å². The van der Waals surface area contributed by atoms with Crippen molar-refractivity contribution < 1.29 is 4.39 Å². The van der Waals surface area contributed by atoms with E-state index in [-0.39, 0.29) is 17.7 Å². The molecular formula is C14H12FN3O2. The molecule has 0 saturated carbocycles. The molecule has 0 atom stereocenters. The van der Waals surface area contributed by atoms with Crippen LogP contribution >= 0.6 is 0 Å². The Morgan fingerprint density at radius 2 is 2.00 bits per heavy atom. The Bertz CT molecular complexity index is 799. The molecule has 1 aromatic carbocycles. The van der Waals surface area contributed by atoms with Gasteiger partial charge in [-0.05, 0) is 13.0 Å². The molecule has 0 aliphatic rings. The summed E-state index contributed by atoms with van der Waals surface area (Å²) in [4.78, 5) is 24.1. The van der Waals surface area contributed by atoms with Crippen LogP contribution in [0.2, 0.25) is 0 Å². The number of rotatable bonds is 3. The number of hydrogen-bond donors (Lipinski definition) is 0. The van der Waals surface area contributed by atoms with Gasteiger partial charge >= 0.3 is 5.69 Å². The fourth-order valence-electron chi connectivity index (χ4n) is 1.89. The van der Waals surface area contributed by atoms with E-state index in [9.17, 15) is 14.0 Å². The van der Waals surface area contributed by atoms with Crippen molar-refractivity contribution in [1.82, 2.24) is 9.13 Å². The van der Waals surface area contributed by atoms with Gasteiger partial charge in [0.2, 0.25) is 0 Å². The quantitative estimate of drug-likeness (QED) is 0.840. The van der Waals surface area contributed by atoms with Crippen LogP contribution in [0.4, 0.5) is 4.39 Å². The van der Waals surface area contributed by atoms with Gasteiger partial charge in [0, 0.05) is 18.3 Å². The van der Waals surface area contributed by atoms with Crippen molar-refractivity contribution in [2.24, 2.45) is 0 Å². The zero-order valence-electron chi connectivity index (χ0n) is 10.8. The average Bonchev–Trinajstić information content (AvgIpc) is 2.45. The highest BCUT2D eigenvalue weighted by Crippen LogP contribution is 2.06. The van der Waals surface area contributed by atoms with Crippen LogP contribution in [-0.2, 0) is 13.1 Å². The largest absolute Gasteiger partial charge is 0.331 e. The Morgan fingerprint density at radius 3 is 2.60 bits per heavy atom. The molecule has 1 heterocycles. The highest BCUT2D eigenvalue weighted by molar-refractivity contribution is 5.24. The molecule has 0 aliphatic heterocycles. The van der Waals surface area contributed by atoms with Gasteiger partial charge in [-0.2, -0.15) is 5.26 Å². The molecule has 0 bridgehead atoms. The van der Waals surface area contributed by atoms with E-state index in [4.69, 9.17) is 5.26 Å². The van der Waals surface area contributed by atoms with Crippen LogP contribution in [0.15, 0.2) is 40.1 Å². The summed E-state index contributed by atoms with van der Waals surface area (Å²) in [5, 5.41) is 8.92. The van der Waals surface area contributed by atoms with Gasteiger partial charge in [0.05, 0.1) is 6.54 Å². The zero-order chi connectivity index (χ0) is 14.7. The molecule has 0 spiro atoms. The number of nitriles is 1. The van der Waals surface area contributed by atoms with Gasteiger partial charge in [-0.3, -0.25) is 13.9 Å². The van der Waals surface area contributed by atoms with E-state index in [2.05, 4.69) is 0 Å². The highest BCUT2D eigenvalue weighted by atomic mass is 19.1. The van der Waals surface area contributed by atoms with Gasteiger partial charge < -0.3 is 0 Å². The SMILES string of the molecule is CCn1cc(C#N)c(=O)n(Cc2ccccc2F)c1=O. The Labute approximate surface area is 114 Å². The van der Waals surface area contributed by atoms with E-state index in [1.165, 1.54) is 29.0 Å². The van der Waals surface area contributed by atoms with E-state index >= 15 is 0 Å². The molecule has 0 N–H and O–H groups in total. The molecule has 0 radical (unpaired) electrons. The first-order chi connectivity index (χ1) is 9.58. The minimum atomic E-state index is -0.703. The molecule has 0 saturated heterocycles. The van der Waals surface area contributed by atoms with Crippen LogP contribution in [0.5, 0.6) is 0 Å². The third kappa shape index (κ3) is 2.38. The number of halogens is 1. The monoisotopic (exact) mass is 273 g/mol. The van der Waals surface area contributed by atoms with Crippen molar-refractivity contribution in [3.05, 3.63) is 68.2 Å². The molecule has 0 aliphatic carbocycles. The molecule has 0 amide bonds. The van der Waals surface area contributed by atoms with Gasteiger partial charge in [-0.25, -0.2) is 9.18 Å². The van der Waals surface area contributed by atoms with Crippen LogP contribution in [0.1, 0.15) is 18.1 Å². The number of hydrogen-bond acceptors (Lipinski definition) is 3. The summed E-state index contributed by atoms with van der Waals surface area (Å²) < 4.78 is 15.7. The summed E-state index contributed by atoms with van der Waals surface area (Å²) >= 11 is 0. The molecule has 102 valence electrons. The summed E-state index contributed by atoms with van der Waals surface area (Å²) in [6.45, 7) is 1.85. The van der Waals surface area contributed by atoms with Gasteiger partial charge in [-0.15, -0.1) is 0 Å². The molecule has 0 fully saturated rings. The van der Waals surface area contributed by atoms with Crippen molar-refractivity contribution >= 4 is 0 Å². The average molecular weight is 273 g/mol. The predicted octanol–water partition coefficient (Wildman–Crippen LogP) is 1.09. The minimum absolute atomic E-state index is 0.136. The molecular weight excluding hydrogens is 261 g/mol. The normalized spacial score (nSPS) is 10.2. The third-order valence-electron chi connectivity index (χ3n) is 2.98. The highest BCUT2D eigenvalue weighted by Gasteiger charge is 2.12. The van der Waals surface area contributed by atoms with E-state index in [1.807, 2.05) is 0 Å². The molecule has 0 unspecified atom stereocenters. The minimum Gasteiger partial charge on any atom is -0.299 e. The summed E-state index contributed by atoms with van der Waals surface area (Å²) in [5.41, 5.74) is -1.17. The van der Waals surface area contributed by atoms with Gasteiger partial charge in [0.25, 0.3) is 5.56 Å². The van der Waals surface area contributed by atoms with E-state index in [0.29, 0.717) is 6.54 Å². The van der Waals surface area contributed by atoms with Crippen molar-refractivity contribution in [2.75, 3.05) is 0 Å². The first kappa shape index (κ1) is 13.7. The lowest BCUT2D eigenvalue weighted by Crippen LogP contribution is -2.41. The Hall–Kier alpha value is -2.68. The predicted molar refractivity (Wildman–Crippen MR) is 70.9 cm³/mol. The van der Waals surface area contributed by atoms with E-state index in [0.717, 1.165) is 4.57 Å². The number of aryl methyl sites for hydroxylation is 1. The van der Waals surface area contributed by atoms with Crippen molar-refractivity contribution in [1.29, 1.82) is 5.26 Å². The number of aromatic nitrogens is 2. The second-order valence-corrected chi connectivity index (χ2v) is 4.21. The fourth-order valence-corrected chi connectivity index (χ4v) is 1.89. The van der Waals surface area contributed by atoms with Crippen LogP contribution in [-0.4, -0.2) is 9.13 Å². The molecule has 20 heavy (non-hydrogen) atoms. The lowest BCUT2D eigenvalue weighted by Gasteiger charge is -2.09. The third-order valence-corrected chi connectivity index (χ3v) is 2.98. The first-order valence-electron chi connectivity index (χ1n) is 6.06. The summed E-state index contributed by atoms with van der Waals surface area (Å²) in [7, 11) is 0.